The van der Waals surface area contributed by atoms with Gasteiger partial charge < -0.3 is 14.3 Å². The Morgan fingerprint density at radius 3 is 2.81 bits per heavy atom. The number of carbonyl (C=O) groups is 1. The minimum absolute atomic E-state index is 0.313. The van der Waals surface area contributed by atoms with E-state index in [1.54, 1.807) is 11.3 Å². The van der Waals surface area contributed by atoms with Crippen LogP contribution in [0.3, 0.4) is 0 Å². The molecule has 3 aromatic rings. The molecule has 0 saturated carbocycles. The maximum atomic E-state index is 12.1. The number of aromatic amines is 1. The van der Waals surface area contributed by atoms with Gasteiger partial charge in [0.25, 0.3) is 0 Å². The van der Waals surface area contributed by atoms with Gasteiger partial charge in [-0.05, 0) is 43.4 Å². The topological polar surface area (TPSA) is 47.0 Å². The van der Waals surface area contributed by atoms with Crippen molar-refractivity contribution in [1.29, 1.82) is 0 Å². The molecule has 108 valence electrons. The van der Waals surface area contributed by atoms with E-state index in [1.807, 2.05) is 29.1 Å². The third kappa shape index (κ3) is 1.84. The summed E-state index contributed by atoms with van der Waals surface area (Å²) in [6, 6.07) is 3.94. The van der Waals surface area contributed by atoms with Crippen molar-refractivity contribution >= 4 is 27.5 Å². The molecule has 21 heavy (non-hydrogen) atoms. The number of ether oxygens (including phenoxy) is 1. The zero-order chi connectivity index (χ0) is 14.4. The van der Waals surface area contributed by atoms with Crippen molar-refractivity contribution in [2.45, 2.75) is 25.7 Å². The largest absolute Gasteiger partial charge is 0.464 e. The summed E-state index contributed by atoms with van der Waals surface area (Å²) in [6.07, 6.45) is 8.69. The summed E-state index contributed by atoms with van der Waals surface area (Å²) in [5.74, 6) is -0.313. The third-order valence-corrected chi connectivity index (χ3v) is 5.34. The summed E-state index contributed by atoms with van der Waals surface area (Å²) in [5.41, 5.74) is 2.89. The molecular formula is C16H16N2O2S. The van der Waals surface area contributed by atoms with Crippen LogP contribution in [0.2, 0.25) is 0 Å². The van der Waals surface area contributed by atoms with Crippen molar-refractivity contribution in [2.24, 2.45) is 0 Å². The van der Waals surface area contributed by atoms with Crippen LogP contribution in [0, 0.1) is 0 Å². The van der Waals surface area contributed by atoms with Crippen LogP contribution in [0.15, 0.2) is 24.5 Å². The van der Waals surface area contributed by atoms with Crippen LogP contribution in [0.25, 0.3) is 15.9 Å². The Balaban J connectivity index is 2.04. The molecule has 0 spiro atoms. The first kappa shape index (κ1) is 12.7. The van der Waals surface area contributed by atoms with Gasteiger partial charge in [-0.1, -0.05) is 0 Å². The second-order valence-electron chi connectivity index (χ2n) is 5.35. The van der Waals surface area contributed by atoms with E-state index < -0.39 is 0 Å². The SMILES string of the molecule is COC(=O)c1[nH]c2sc3c(c2c1-n1cccc1)CCCC3. The molecule has 0 bridgehead atoms. The van der Waals surface area contributed by atoms with Gasteiger partial charge in [0.15, 0.2) is 5.69 Å². The number of hydrogen-bond donors (Lipinski definition) is 1. The Kier molecular flexibility index (Phi) is 2.89. The lowest BCUT2D eigenvalue weighted by Crippen LogP contribution is -2.07. The molecule has 0 fully saturated rings. The van der Waals surface area contributed by atoms with Gasteiger partial charge in [-0.25, -0.2) is 4.79 Å². The average molecular weight is 300 g/mol. The van der Waals surface area contributed by atoms with E-state index in [0.717, 1.165) is 23.4 Å². The molecule has 0 amide bonds. The highest BCUT2D eigenvalue weighted by atomic mass is 32.1. The van der Waals surface area contributed by atoms with Crippen LogP contribution in [-0.2, 0) is 17.6 Å². The summed E-state index contributed by atoms with van der Waals surface area (Å²) in [7, 11) is 1.42. The summed E-state index contributed by atoms with van der Waals surface area (Å²) in [6.45, 7) is 0. The Morgan fingerprint density at radius 2 is 2.05 bits per heavy atom. The van der Waals surface area contributed by atoms with Crippen molar-refractivity contribution in [1.82, 2.24) is 9.55 Å². The maximum absolute atomic E-state index is 12.1. The number of thiophene rings is 1. The van der Waals surface area contributed by atoms with E-state index in [9.17, 15) is 4.79 Å². The first-order chi connectivity index (χ1) is 10.3. The number of carbonyl (C=O) groups excluding carboxylic acids is 1. The van der Waals surface area contributed by atoms with Crippen LogP contribution in [0.4, 0.5) is 0 Å². The Labute approximate surface area is 126 Å². The van der Waals surface area contributed by atoms with Gasteiger partial charge in [0, 0.05) is 22.7 Å². The van der Waals surface area contributed by atoms with Crippen molar-refractivity contribution < 1.29 is 9.53 Å². The highest BCUT2D eigenvalue weighted by molar-refractivity contribution is 7.19. The molecule has 4 rings (SSSR count). The quantitative estimate of drug-likeness (QED) is 0.734. The number of fused-ring (bicyclic) bond motifs is 3. The number of H-pyrrole nitrogens is 1. The van der Waals surface area contributed by atoms with E-state index in [-0.39, 0.29) is 5.97 Å². The number of nitrogens with one attached hydrogen (secondary N) is 1. The zero-order valence-electron chi connectivity index (χ0n) is 11.8. The smallest absolute Gasteiger partial charge is 0.356 e. The van der Waals surface area contributed by atoms with E-state index in [0.29, 0.717) is 5.69 Å². The molecule has 5 heteroatoms. The minimum atomic E-state index is -0.313. The summed E-state index contributed by atoms with van der Waals surface area (Å²) in [4.78, 5) is 17.9. The van der Waals surface area contributed by atoms with Crippen LogP contribution >= 0.6 is 11.3 Å². The van der Waals surface area contributed by atoms with Crippen LogP contribution < -0.4 is 0 Å². The normalized spacial score (nSPS) is 14.3. The monoisotopic (exact) mass is 300 g/mol. The van der Waals surface area contributed by atoms with Gasteiger partial charge in [0.05, 0.1) is 12.8 Å². The van der Waals surface area contributed by atoms with Gasteiger partial charge in [0.2, 0.25) is 0 Å². The lowest BCUT2D eigenvalue weighted by Gasteiger charge is -2.12. The molecule has 1 aliphatic carbocycles. The fraction of sp³-hybridized carbons (Fsp3) is 0.312. The Bertz CT molecular complexity index is 811. The molecule has 1 N–H and O–H groups in total. The van der Waals surface area contributed by atoms with Gasteiger partial charge >= 0.3 is 5.97 Å². The number of aromatic nitrogens is 2. The van der Waals surface area contributed by atoms with Crippen molar-refractivity contribution in [3.8, 4) is 5.69 Å². The van der Waals surface area contributed by atoms with E-state index in [4.69, 9.17) is 4.74 Å². The third-order valence-electron chi connectivity index (χ3n) is 4.14. The molecule has 0 unspecified atom stereocenters. The second-order valence-corrected chi connectivity index (χ2v) is 6.45. The molecule has 0 aromatic carbocycles. The van der Waals surface area contributed by atoms with Crippen molar-refractivity contribution in [2.75, 3.05) is 7.11 Å². The summed E-state index contributed by atoms with van der Waals surface area (Å²) >= 11 is 1.78. The van der Waals surface area contributed by atoms with Crippen LogP contribution in [0.1, 0.15) is 33.8 Å². The van der Waals surface area contributed by atoms with Crippen LogP contribution in [-0.4, -0.2) is 22.6 Å². The van der Waals surface area contributed by atoms with Crippen LogP contribution in [0.5, 0.6) is 0 Å². The van der Waals surface area contributed by atoms with Crippen molar-refractivity contribution in [3.63, 3.8) is 0 Å². The van der Waals surface area contributed by atoms with Gasteiger partial charge in [-0.3, -0.25) is 0 Å². The molecule has 3 aromatic heterocycles. The molecule has 0 radical (unpaired) electrons. The maximum Gasteiger partial charge on any atom is 0.356 e. The molecular weight excluding hydrogens is 284 g/mol. The predicted molar refractivity (Wildman–Crippen MR) is 83.5 cm³/mol. The fourth-order valence-corrected chi connectivity index (χ4v) is 4.49. The fourth-order valence-electron chi connectivity index (χ4n) is 3.19. The second kappa shape index (κ2) is 4.77. The first-order valence-corrected chi connectivity index (χ1v) is 7.99. The zero-order valence-corrected chi connectivity index (χ0v) is 12.6. The highest BCUT2D eigenvalue weighted by Crippen LogP contribution is 2.40. The Morgan fingerprint density at radius 1 is 1.29 bits per heavy atom. The molecule has 0 atom stereocenters. The van der Waals surface area contributed by atoms with E-state index in [1.165, 1.54) is 35.8 Å². The standard InChI is InChI=1S/C16H16N2O2S/c1-20-16(19)13-14(18-8-4-5-9-18)12-10-6-2-3-7-11(10)21-15(12)17-13/h4-5,8-9,17H,2-3,6-7H2,1H3. The Hall–Kier alpha value is -2.01. The number of methoxy groups -OCH3 is 1. The van der Waals surface area contributed by atoms with Crippen molar-refractivity contribution in [3.05, 3.63) is 40.7 Å². The lowest BCUT2D eigenvalue weighted by atomic mass is 9.96. The average Bonchev–Trinajstić information content (AvgIpc) is 3.20. The molecule has 3 heterocycles. The number of nitrogens with zero attached hydrogens (tertiary/aromatic N) is 1. The van der Waals surface area contributed by atoms with E-state index in [2.05, 4.69) is 4.98 Å². The molecule has 0 saturated heterocycles. The highest BCUT2D eigenvalue weighted by Gasteiger charge is 2.26. The number of rotatable bonds is 2. The minimum Gasteiger partial charge on any atom is -0.464 e. The number of aryl methyl sites for hydroxylation is 2. The number of hydrogen-bond acceptors (Lipinski definition) is 3. The first-order valence-electron chi connectivity index (χ1n) is 7.17. The molecule has 1 aliphatic rings. The van der Waals surface area contributed by atoms with Gasteiger partial charge in [0.1, 0.15) is 4.83 Å². The summed E-state index contributed by atoms with van der Waals surface area (Å²) < 4.78 is 6.95. The summed E-state index contributed by atoms with van der Waals surface area (Å²) in [5, 5.41) is 1.20. The number of esters is 1. The van der Waals surface area contributed by atoms with E-state index >= 15 is 0 Å². The lowest BCUT2D eigenvalue weighted by molar-refractivity contribution is 0.0595. The van der Waals surface area contributed by atoms with Gasteiger partial charge in [-0.2, -0.15) is 0 Å². The molecule has 0 aliphatic heterocycles. The molecule has 4 nitrogen and oxygen atoms in total. The van der Waals surface area contributed by atoms with Gasteiger partial charge in [-0.15, -0.1) is 11.3 Å². The predicted octanol–water partition coefficient (Wildman–Crippen LogP) is 3.69.